The molecule has 0 saturated heterocycles. The van der Waals surface area contributed by atoms with E-state index in [1.54, 1.807) is 0 Å². The predicted octanol–water partition coefficient (Wildman–Crippen LogP) is 8.64. The van der Waals surface area contributed by atoms with Crippen LogP contribution in [0.15, 0.2) is 133 Å². The van der Waals surface area contributed by atoms with Crippen molar-refractivity contribution in [1.29, 1.82) is 5.26 Å². The average molecular weight is 473 g/mol. The van der Waals surface area contributed by atoms with Gasteiger partial charge in [0.15, 0.2) is 0 Å². The molecular formula is C35H24N2. The van der Waals surface area contributed by atoms with Crippen LogP contribution in [0.5, 0.6) is 0 Å². The van der Waals surface area contributed by atoms with Gasteiger partial charge in [0.25, 0.3) is 0 Å². The number of para-hydroxylation sites is 2. The van der Waals surface area contributed by atoms with Crippen molar-refractivity contribution in [2.24, 2.45) is 5.92 Å². The minimum atomic E-state index is 0.354. The SMILES string of the molecule is N#Cc1ccc(C2=C3C(c4ccc(-n5c6ccccc6c6ccccc65)cc4)=CC=CC3CC=C2)cc1. The standard InChI is InChI=1S/C35H24N2/c36-23-24-15-17-25(18-16-24)29-11-5-7-27-8-6-12-30(35(27)29)26-19-21-28(22-20-26)37-33-13-3-1-9-31(33)32-10-2-4-14-34(32)37/h1-6,8-22,27H,7H2. The summed E-state index contributed by atoms with van der Waals surface area (Å²) in [5, 5.41) is 11.8. The number of hydrogen-bond acceptors (Lipinski definition) is 1. The highest BCUT2D eigenvalue weighted by Gasteiger charge is 2.25. The summed E-state index contributed by atoms with van der Waals surface area (Å²) in [4.78, 5) is 0. The second kappa shape index (κ2) is 8.66. The summed E-state index contributed by atoms with van der Waals surface area (Å²) < 4.78 is 2.36. The molecule has 0 bridgehead atoms. The molecule has 4 aromatic carbocycles. The molecule has 0 amide bonds. The van der Waals surface area contributed by atoms with E-state index in [9.17, 15) is 5.26 Å². The van der Waals surface area contributed by atoms with Crippen molar-refractivity contribution in [3.63, 3.8) is 0 Å². The first kappa shape index (κ1) is 21.4. The fourth-order valence-electron chi connectivity index (χ4n) is 5.85. The Bertz CT molecular complexity index is 1780. The van der Waals surface area contributed by atoms with Crippen molar-refractivity contribution >= 4 is 33.0 Å². The van der Waals surface area contributed by atoms with Crippen molar-refractivity contribution in [3.8, 4) is 11.8 Å². The molecular weight excluding hydrogens is 448 g/mol. The molecule has 0 fully saturated rings. The summed E-state index contributed by atoms with van der Waals surface area (Å²) in [6.45, 7) is 0. The fraction of sp³-hybridized carbons (Fsp3) is 0.0571. The highest BCUT2D eigenvalue weighted by atomic mass is 15.0. The van der Waals surface area contributed by atoms with Crippen LogP contribution in [0.3, 0.4) is 0 Å². The van der Waals surface area contributed by atoms with Gasteiger partial charge in [-0.3, -0.25) is 0 Å². The van der Waals surface area contributed by atoms with E-state index in [1.807, 2.05) is 12.1 Å². The number of benzene rings is 4. The van der Waals surface area contributed by atoms with Crippen LogP contribution in [-0.2, 0) is 0 Å². The van der Waals surface area contributed by atoms with Crippen molar-refractivity contribution in [3.05, 3.63) is 150 Å². The molecule has 1 unspecified atom stereocenters. The molecule has 2 heteroatoms. The lowest BCUT2D eigenvalue weighted by Gasteiger charge is -2.28. The third kappa shape index (κ3) is 3.48. The van der Waals surface area contributed by atoms with Crippen LogP contribution in [0.1, 0.15) is 23.1 Å². The number of hydrogen-bond donors (Lipinski definition) is 0. The smallest absolute Gasteiger partial charge is 0.0991 e. The number of nitriles is 1. The molecule has 1 aromatic heterocycles. The molecule has 5 aromatic rings. The van der Waals surface area contributed by atoms with Gasteiger partial charge in [-0.1, -0.05) is 91.0 Å². The van der Waals surface area contributed by atoms with E-state index >= 15 is 0 Å². The topological polar surface area (TPSA) is 28.7 Å². The van der Waals surface area contributed by atoms with E-state index in [0.29, 0.717) is 11.5 Å². The van der Waals surface area contributed by atoms with Crippen molar-refractivity contribution < 1.29 is 0 Å². The Labute approximate surface area is 216 Å². The molecule has 0 N–H and O–H groups in total. The Balaban J connectivity index is 1.34. The van der Waals surface area contributed by atoms with E-state index in [0.717, 1.165) is 17.7 Å². The number of fused-ring (bicyclic) bond motifs is 4. The van der Waals surface area contributed by atoms with Crippen LogP contribution in [0.25, 0.3) is 38.6 Å². The molecule has 2 aliphatic rings. The molecule has 7 rings (SSSR count). The van der Waals surface area contributed by atoms with Gasteiger partial charge < -0.3 is 4.57 Å². The number of allylic oxidation sites excluding steroid dienone is 8. The molecule has 2 nitrogen and oxygen atoms in total. The highest BCUT2D eigenvalue weighted by molar-refractivity contribution is 6.09. The minimum absolute atomic E-state index is 0.354. The lowest BCUT2D eigenvalue weighted by molar-refractivity contribution is 0.789. The summed E-state index contributed by atoms with van der Waals surface area (Å²) in [7, 11) is 0. The molecule has 0 spiro atoms. The van der Waals surface area contributed by atoms with E-state index in [1.165, 1.54) is 44.1 Å². The van der Waals surface area contributed by atoms with Crippen LogP contribution in [0, 0.1) is 17.2 Å². The Hall–Kier alpha value is -4.87. The van der Waals surface area contributed by atoms with Gasteiger partial charge in [-0.25, -0.2) is 0 Å². The van der Waals surface area contributed by atoms with Crippen LogP contribution in [0.2, 0.25) is 0 Å². The van der Waals surface area contributed by atoms with E-state index in [4.69, 9.17) is 0 Å². The third-order valence-electron chi connectivity index (χ3n) is 7.57. The van der Waals surface area contributed by atoms with Gasteiger partial charge in [0.1, 0.15) is 0 Å². The van der Waals surface area contributed by atoms with Gasteiger partial charge in [-0.15, -0.1) is 0 Å². The third-order valence-corrected chi connectivity index (χ3v) is 7.57. The average Bonchev–Trinajstić information content (AvgIpc) is 3.31. The Morgan fingerprint density at radius 1 is 0.730 bits per heavy atom. The second-order valence-electron chi connectivity index (χ2n) is 9.64. The second-order valence-corrected chi connectivity index (χ2v) is 9.64. The maximum absolute atomic E-state index is 9.23. The monoisotopic (exact) mass is 472 g/mol. The van der Waals surface area contributed by atoms with E-state index in [-0.39, 0.29) is 0 Å². The quantitative estimate of drug-likeness (QED) is 0.258. The van der Waals surface area contributed by atoms with Crippen LogP contribution in [0.4, 0.5) is 0 Å². The number of nitrogens with zero attached hydrogens (tertiary/aromatic N) is 2. The summed E-state index contributed by atoms with van der Waals surface area (Å²) in [6.07, 6.45) is 12.2. The summed E-state index contributed by atoms with van der Waals surface area (Å²) in [5.41, 5.74) is 10.5. The zero-order valence-electron chi connectivity index (χ0n) is 20.3. The zero-order chi connectivity index (χ0) is 24.8. The van der Waals surface area contributed by atoms with Gasteiger partial charge in [-0.05, 0) is 70.7 Å². The largest absolute Gasteiger partial charge is 0.309 e. The lowest BCUT2D eigenvalue weighted by Crippen LogP contribution is -2.11. The van der Waals surface area contributed by atoms with E-state index in [2.05, 4.69) is 126 Å². The van der Waals surface area contributed by atoms with Gasteiger partial charge in [-0.2, -0.15) is 5.26 Å². The van der Waals surface area contributed by atoms with E-state index < -0.39 is 0 Å². The first-order valence-electron chi connectivity index (χ1n) is 12.7. The maximum atomic E-state index is 9.23. The molecule has 0 aliphatic heterocycles. The van der Waals surface area contributed by atoms with Crippen LogP contribution >= 0.6 is 0 Å². The first-order chi connectivity index (χ1) is 18.3. The first-order valence-corrected chi connectivity index (χ1v) is 12.7. The van der Waals surface area contributed by atoms with Gasteiger partial charge >= 0.3 is 0 Å². The molecule has 1 atom stereocenters. The molecule has 0 radical (unpaired) electrons. The van der Waals surface area contributed by atoms with Gasteiger partial charge in [0.05, 0.1) is 22.7 Å². The van der Waals surface area contributed by atoms with Crippen LogP contribution in [-0.4, -0.2) is 4.57 Å². The van der Waals surface area contributed by atoms with Crippen molar-refractivity contribution in [2.45, 2.75) is 6.42 Å². The molecule has 1 heterocycles. The predicted molar refractivity (Wildman–Crippen MR) is 153 cm³/mol. The summed E-state index contributed by atoms with van der Waals surface area (Å²) >= 11 is 0. The Morgan fingerprint density at radius 2 is 1.38 bits per heavy atom. The normalized spacial score (nSPS) is 16.6. The highest BCUT2D eigenvalue weighted by Crippen LogP contribution is 2.43. The van der Waals surface area contributed by atoms with Crippen molar-refractivity contribution in [2.75, 3.05) is 0 Å². The summed E-state index contributed by atoms with van der Waals surface area (Å²) in [5.74, 6) is 0.354. The number of rotatable bonds is 3. The van der Waals surface area contributed by atoms with Gasteiger partial charge in [0.2, 0.25) is 0 Å². The minimum Gasteiger partial charge on any atom is -0.309 e. The Kier molecular flexibility index (Phi) is 5.01. The maximum Gasteiger partial charge on any atom is 0.0991 e. The molecule has 0 saturated carbocycles. The van der Waals surface area contributed by atoms with Gasteiger partial charge in [0, 0.05) is 22.4 Å². The Morgan fingerprint density at radius 3 is 2.05 bits per heavy atom. The van der Waals surface area contributed by atoms with Crippen LogP contribution < -0.4 is 0 Å². The zero-order valence-corrected chi connectivity index (χ0v) is 20.3. The number of aromatic nitrogens is 1. The molecule has 37 heavy (non-hydrogen) atoms. The molecule has 174 valence electrons. The fourth-order valence-corrected chi connectivity index (χ4v) is 5.85. The lowest BCUT2D eigenvalue weighted by atomic mass is 9.76. The van der Waals surface area contributed by atoms with Crippen molar-refractivity contribution in [1.82, 2.24) is 4.57 Å². The molecule has 2 aliphatic carbocycles. The summed E-state index contributed by atoms with van der Waals surface area (Å²) in [6, 6.07) is 36.4.